The molecule has 0 rings (SSSR count). The fraction of sp³-hybridized carbons (Fsp3) is 1.00. The van der Waals surface area contributed by atoms with Gasteiger partial charge in [-0.15, -0.1) is 23.2 Å². The Morgan fingerprint density at radius 1 is 0.800 bits per heavy atom. The van der Waals surface area contributed by atoms with Crippen molar-refractivity contribution < 1.29 is 0 Å². The number of unbranched alkanes of at least 4 members (excludes halogenated alkanes) is 2. The van der Waals surface area contributed by atoms with Gasteiger partial charge < -0.3 is 0 Å². The molecule has 0 heterocycles. The number of hydrogen-bond acceptors (Lipinski definition) is 0. The van der Waals surface area contributed by atoms with E-state index in [9.17, 15) is 0 Å². The van der Waals surface area contributed by atoms with Gasteiger partial charge in [0.1, 0.15) is 0 Å². The monoisotopic (exact) mass is 184 g/mol. The highest BCUT2D eigenvalue weighted by atomic mass is 35.5. The molecule has 0 nitrogen and oxygen atoms in total. The Kier molecular flexibility index (Phi) is 21.5. The Balaban J connectivity index is 0. The second kappa shape index (κ2) is 16.3. The molecule has 0 amide bonds. The number of rotatable bonds is 4. The van der Waals surface area contributed by atoms with Gasteiger partial charge in [0.15, 0.2) is 0 Å². The molecular formula is C8H18Cl2. The first-order valence-electron chi connectivity index (χ1n) is 3.95. The third-order valence-electron chi connectivity index (χ3n) is 0.974. The normalized spacial score (nSPS) is 8.40. The van der Waals surface area contributed by atoms with Crippen molar-refractivity contribution in [1.29, 1.82) is 0 Å². The van der Waals surface area contributed by atoms with E-state index in [-0.39, 0.29) is 0 Å². The molecule has 0 radical (unpaired) electrons. The van der Waals surface area contributed by atoms with Crippen LogP contribution in [0.25, 0.3) is 0 Å². The molecular weight excluding hydrogens is 167 g/mol. The lowest BCUT2D eigenvalue weighted by Gasteiger charge is -1.77. The van der Waals surface area contributed by atoms with Gasteiger partial charge in [-0.1, -0.05) is 26.7 Å². The lowest BCUT2D eigenvalue weighted by Crippen LogP contribution is -1.65. The second-order valence-electron chi connectivity index (χ2n) is 2.09. The molecule has 0 aromatic heterocycles. The molecule has 10 heavy (non-hydrogen) atoms. The molecule has 0 fully saturated rings. The summed E-state index contributed by atoms with van der Waals surface area (Å²) in [6.07, 6.45) is 4.73. The van der Waals surface area contributed by atoms with Crippen LogP contribution in [0.5, 0.6) is 0 Å². The summed E-state index contributed by atoms with van der Waals surface area (Å²) in [5.74, 6) is 1.63. The minimum atomic E-state index is 0.816. The Hall–Kier alpha value is 0.580. The SMILES string of the molecule is CCCCCl.CCCCCl. The maximum Gasteiger partial charge on any atom is 0.0223 e. The summed E-state index contributed by atoms with van der Waals surface area (Å²) in [6.45, 7) is 4.25. The lowest BCUT2D eigenvalue weighted by molar-refractivity contribution is 0.892. The van der Waals surface area contributed by atoms with Gasteiger partial charge in [0.2, 0.25) is 0 Å². The fourth-order valence-electron chi connectivity index (χ4n) is 0.267. The fourth-order valence-corrected chi connectivity index (χ4v) is 0.802. The van der Waals surface area contributed by atoms with Gasteiger partial charge >= 0.3 is 0 Å². The average Bonchev–Trinajstić information content (AvgIpc) is 1.93. The van der Waals surface area contributed by atoms with Crippen LogP contribution in [0.3, 0.4) is 0 Å². The van der Waals surface area contributed by atoms with Crippen LogP contribution in [0.4, 0.5) is 0 Å². The summed E-state index contributed by atoms with van der Waals surface area (Å²) < 4.78 is 0. The molecule has 0 saturated carbocycles. The summed E-state index contributed by atoms with van der Waals surface area (Å²) in [6, 6.07) is 0. The zero-order chi connectivity index (χ0) is 8.24. The predicted molar refractivity (Wildman–Crippen MR) is 51.3 cm³/mol. The highest BCUT2D eigenvalue weighted by Crippen LogP contribution is 1.86. The topological polar surface area (TPSA) is 0 Å². The van der Waals surface area contributed by atoms with Crippen LogP contribution >= 0.6 is 23.2 Å². The maximum absolute atomic E-state index is 5.30. The molecule has 0 aliphatic carbocycles. The van der Waals surface area contributed by atoms with Crippen LogP contribution in [-0.4, -0.2) is 11.8 Å². The highest BCUT2D eigenvalue weighted by Gasteiger charge is 1.70. The smallest absolute Gasteiger partial charge is 0.0223 e. The van der Waals surface area contributed by atoms with E-state index >= 15 is 0 Å². The van der Waals surface area contributed by atoms with E-state index in [0.29, 0.717) is 0 Å². The van der Waals surface area contributed by atoms with Gasteiger partial charge in [0.25, 0.3) is 0 Å². The molecule has 0 bridgehead atoms. The highest BCUT2D eigenvalue weighted by molar-refractivity contribution is 6.18. The molecule has 0 aliphatic heterocycles. The molecule has 0 saturated heterocycles. The van der Waals surface area contributed by atoms with Crippen molar-refractivity contribution in [2.24, 2.45) is 0 Å². The van der Waals surface area contributed by atoms with Gasteiger partial charge in [0, 0.05) is 11.8 Å². The number of halogens is 2. The summed E-state index contributed by atoms with van der Waals surface area (Å²) in [4.78, 5) is 0. The van der Waals surface area contributed by atoms with Crippen LogP contribution in [0.1, 0.15) is 39.5 Å². The first-order chi connectivity index (χ1) is 4.83. The van der Waals surface area contributed by atoms with E-state index in [1.807, 2.05) is 0 Å². The molecule has 64 valence electrons. The summed E-state index contributed by atoms with van der Waals surface area (Å²) in [5, 5.41) is 0. The second-order valence-corrected chi connectivity index (χ2v) is 2.84. The van der Waals surface area contributed by atoms with E-state index in [1.54, 1.807) is 0 Å². The van der Waals surface area contributed by atoms with Crippen LogP contribution in [-0.2, 0) is 0 Å². The predicted octanol–water partition coefficient (Wildman–Crippen LogP) is 4.05. The minimum absolute atomic E-state index is 0.816. The quantitative estimate of drug-likeness (QED) is 0.579. The largest absolute Gasteiger partial charge is 0.127 e. The van der Waals surface area contributed by atoms with Gasteiger partial charge in [-0.2, -0.15) is 0 Å². The Labute approximate surface area is 74.9 Å². The van der Waals surface area contributed by atoms with Crippen molar-refractivity contribution >= 4 is 23.2 Å². The van der Waals surface area contributed by atoms with Crippen molar-refractivity contribution in [3.63, 3.8) is 0 Å². The molecule has 0 aromatic rings. The Bertz CT molecular complexity index is 28.2. The van der Waals surface area contributed by atoms with E-state index in [2.05, 4.69) is 13.8 Å². The lowest BCUT2D eigenvalue weighted by atomic mass is 10.4. The zero-order valence-corrected chi connectivity index (χ0v) is 8.51. The Morgan fingerprint density at radius 3 is 1.10 bits per heavy atom. The van der Waals surface area contributed by atoms with Crippen LogP contribution in [0.2, 0.25) is 0 Å². The van der Waals surface area contributed by atoms with Gasteiger partial charge in [-0.3, -0.25) is 0 Å². The molecule has 0 atom stereocenters. The minimum Gasteiger partial charge on any atom is -0.127 e. The summed E-state index contributed by atoms with van der Waals surface area (Å²) in [7, 11) is 0. The van der Waals surface area contributed by atoms with Gasteiger partial charge in [-0.25, -0.2) is 0 Å². The molecule has 0 spiro atoms. The first kappa shape index (κ1) is 13.2. The number of alkyl halides is 2. The standard InChI is InChI=1S/2C4H9Cl/c2*1-2-3-4-5/h2*2-4H2,1H3. The van der Waals surface area contributed by atoms with Crippen molar-refractivity contribution in [2.45, 2.75) is 39.5 Å². The zero-order valence-electron chi connectivity index (χ0n) is 7.00. The molecule has 0 N–H and O–H groups in total. The number of hydrogen-bond donors (Lipinski definition) is 0. The van der Waals surface area contributed by atoms with Crippen LogP contribution in [0, 0.1) is 0 Å². The van der Waals surface area contributed by atoms with Crippen LogP contribution in [0.15, 0.2) is 0 Å². The van der Waals surface area contributed by atoms with Crippen molar-refractivity contribution in [2.75, 3.05) is 11.8 Å². The van der Waals surface area contributed by atoms with Gasteiger partial charge in [-0.05, 0) is 12.8 Å². The van der Waals surface area contributed by atoms with E-state index in [0.717, 1.165) is 24.6 Å². The molecule has 0 aliphatic rings. The van der Waals surface area contributed by atoms with Crippen molar-refractivity contribution in [3.05, 3.63) is 0 Å². The third kappa shape index (κ3) is 23.5. The molecule has 0 unspecified atom stereocenters. The van der Waals surface area contributed by atoms with Crippen molar-refractivity contribution in [3.8, 4) is 0 Å². The average molecular weight is 185 g/mol. The summed E-state index contributed by atoms with van der Waals surface area (Å²) >= 11 is 10.6. The Morgan fingerprint density at radius 2 is 1.10 bits per heavy atom. The van der Waals surface area contributed by atoms with Crippen molar-refractivity contribution in [1.82, 2.24) is 0 Å². The molecule has 2 heteroatoms. The third-order valence-corrected chi connectivity index (χ3v) is 1.51. The van der Waals surface area contributed by atoms with Crippen LogP contribution < -0.4 is 0 Å². The summed E-state index contributed by atoms with van der Waals surface area (Å²) in [5.41, 5.74) is 0. The van der Waals surface area contributed by atoms with E-state index in [4.69, 9.17) is 23.2 Å². The van der Waals surface area contributed by atoms with E-state index in [1.165, 1.54) is 12.8 Å². The maximum atomic E-state index is 5.30. The van der Waals surface area contributed by atoms with E-state index < -0.39 is 0 Å². The van der Waals surface area contributed by atoms with Gasteiger partial charge in [0.05, 0.1) is 0 Å². The molecule has 0 aromatic carbocycles. The first-order valence-corrected chi connectivity index (χ1v) is 5.02.